The van der Waals surface area contributed by atoms with E-state index in [1.165, 1.54) is 0 Å². The van der Waals surface area contributed by atoms with Gasteiger partial charge in [-0.1, -0.05) is 18.2 Å². The monoisotopic (exact) mass is 211 g/mol. The van der Waals surface area contributed by atoms with Crippen LogP contribution in [0.1, 0.15) is 21.6 Å². The average Bonchev–Trinajstić information content (AvgIpc) is 2.31. The van der Waals surface area contributed by atoms with Gasteiger partial charge in [-0.25, -0.2) is 0 Å². The summed E-state index contributed by atoms with van der Waals surface area (Å²) >= 11 is 0. The summed E-state index contributed by atoms with van der Waals surface area (Å²) in [6, 6.07) is 9.68. The molecule has 2 nitrogen and oxygen atoms in total. The Labute approximate surface area is 95.0 Å². The number of pyridine rings is 1. The van der Waals surface area contributed by atoms with Crippen LogP contribution in [-0.4, -0.2) is 11.3 Å². The molecule has 0 radical (unpaired) electrons. The van der Waals surface area contributed by atoms with E-state index in [9.17, 15) is 4.79 Å². The number of aromatic nitrogens is 1. The molecule has 0 aliphatic heterocycles. The summed E-state index contributed by atoms with van der Waals surface area (Å²) < 4.78 is 0. The number of carbonyl (C=O) groups excluding carboxylic acids is 1. The molecule has 16 heavy (non-hydrogen) atoms. The third-order valence-corrected chi connectivity index (χ3v) is 2.62. The Morgan fingerprint density at radius 1 is 1.12 bits per heavy atom. The quantitative estimate of drug-likeness (QED) is 0.714. The SMILES string of the molecule is Cc1ccc(-c2cc(C=O)ccc2C)cn1. The van der Waals surface area contributed by atoms with Crippen LogP contribution in [0.3, 0.4) is 0 Å². The van der Waals surface area contributed by atoms with Crippen LogP contribution in [0.4, 0.5) is 0 Å². The summed E-state index contributed by atoms with van der Waals surface area (Å²) in [7, 11) is 0. The molecule has 0 aliphatic carbocycles. The third-order valence-electron chi connectivity index (χ3n) is 2.62. The Bertz CT molecular complexity index is 515. The molecule has 80 valence electrons. The van der Waals surface area contributed by atoms with Crippen molar-refractivity contribution in [3.63, 3.8) is 0 Å². The molecule has 0 bridgehead atoms. The normalized spacial score (nSPS) is 10.1. The van der Waals surface area contributed by atoms with Gasteiger partial charge in [-0.2, -0.15) is 0 Å². The fraction of sp³-hybridized carbons (Fsp3) is 0.143. The fourth-order valence-electron chi connectivity index (χ4n) is 1.65. The predicted octanol–water partition coefficient (Wildman–Crippen LogP) is 3.18. The maximum absolute atomic E-state index is 10.7. The van der Waals surface area contributed by atoms with Crippen LogP contribution >= 0.6 is 0 Å². The molecule has 0 atom stereocenters. The number of carbonyl (C=O) groups is 1. The second-order valence-corrected chi connectivity index (χ2v) is 3.88. The number of hydrogen-bond donors (Lipinski definition) is 0. The second kappa shape index (κ2) is 4.27. The van der Waals surface area contributed by atoms with Gasteiger partial charge in [-0.15, -0.1) is 0 Å². The van der Waals surface area contributed by atoms with Gasteiger partial charge < -0.3 is 0 Å². The number of hydrogen-bond acceptors (Lipinski definition) is 2. The standard InChI is InChI=1S/C14H13NO/c1-10-3-5-12(9-16)7-14(10)13-6-4-11(2)15-8-13/h3-9H,1-2H3. The molecule has 0 spiro atoms. The van der Waals surface area contributed by atoms with Crippen molar-refractivity contribution in [2.75, 3.05) is 0 Å². The van der Waals surface area contributed by atoms with E-state index in [2.05, 4.69) is 4.98 Å². The average molecular weight is 211 g/mol. The highest BCUT2D eigenvalue weighted by Crippen LogP contribution is 2.23. The van der Waals surface area contributed by atoms with Crippen LogP contribution < -0.4 is 0 Å². The van der Waals surface area contributed by atoms with Crippen LogP contribution in [-0.2, 0) is 0 Å². The number of aldehydes is 1. The molecule has 0 aliphatic rings. The van der Waals surface area contributed by atoms with Gasteiger partial charge in [0.05, 0.1) is 0 Å². The van der Waals surface area contributed by atoms with E-state index in [0.717, 1.165) is 28.7 Å². The van der Waals surface area contributed by atoms with Gasteiger partial charge in [0.25, 0.3) is 0 Å². The van der Waals surface area contributed by atoms with Crippen molar-refractivity contribution in [2.45, 2.75) is 13.8 Å². The molecule has 1 aromatic carbocycles. The minimum atomic E-state index is 0.696. The van der Waals surface area contributed by atoms with Crippen molar-refractivity contribution in [1.29, 1.82) is 0 Å². The van der Waals surface area contributed by atoms with Crippen LogP contribution in [0, 0.1) is 13.8 Å². The van der Waals surface area contributed by atoms with Gasteiger partial charge in [0.15, 0.2) is 0 Å². The van der Waals surface area contributed by atoms with Crippen molar-refractivity contribution < 1.29 is 4.79 Å². The van der Waals surface area contributed by atoms with E-state index in [1.54, 1.807) is 0 Å². The highest BCUT2D eigenvalue weighted by molar-refractivity contribution is 5.80. The minimum absolute atomic E-state index is 0.696. The van der Waals surface area contributed by atoms with Gasteiger partial charge in [0.1, 0.15) is 6.29 Å². The molecular formula is C14H13NO. The summed E-state index contributed by atoms with van der Waals surface area (Å²) in [5.74, 6) is 0. The van der Waals surface area contributed by atoms with Gasteiger partial charge in [-0.05, 0) is 37.1 Å². The van der Waals surface area contributed by atoms with Crippen molar-refractivity contribution >= 4 is 6.29 Å². The second-order valence-electron chi connectivity index (χ2n) is 3.88. The molecule has 0 amide bonds. The van der Waals surface area contributed by atoms with Gasteiger partial charge >= 0.3 is 0 Å². The first kappa shape index (κ1) is 10.6. The molecule has 0 fully saturated rings. The zero-order chi connectivity index (χ0) is 11.5. The van der Waals surface area contributed by atoms with Crippen molar-refractivity contribution in [3.8, 4) is 11.1 Å². The van der Waals surface area contributed by atoms with Crippen LogP contribution in [0.15, 0.2) is 36.5 Å². The van der Waals surface area contributed by atoms with E-state index < -0.39 is 0 Å². The fourth-order valence-corrected chi connectivity index (χ4v) is 1.65. The highest BCUT2D eigenvalue weighted by Gasteiger charge is 2.03. The molecule has 2 heteroatoms. The molecule has 2 rings (SSSR count). The van der Waals surface area contributed by atoms with Crippen LogP contribution in [0.2, 0.25) is 0 Å². The first-order valence-electron chi connectivity index (χ1n) is 5.19. The van der Waals surface area contributed by atoms with E-state index in [-0.39, 0.29) is 0 Å². The largest absolute Gasteiger partial charge is 0.298 e. The number of aryl methyl sites for hydroxylation is 2. The van der Waals surface area contributed by atoms with Crippen LogP contribution in [0.5, 0.6) is 0 Å². The maximum Gasteiger partial charge on any atom is 0.150 e. The van der Waals surface area contributed by atoms with E-state index in [0.29, 0.717) is 5.56 Å². The Morgan fingerprint density at radius 3 is 2.56 bits per heavy atom. The minimum Gasteiger partial charge on any atom is -0.298 e. The Balaban J connectivity index is 2.54. The van der Waals surface area contributed by atoms with E-state index in [4.69, 9.17) is 0 Å². The van der Waals surface area contributed by atoms with Crippen molar-refractivity contribution in [3.05, 3.63) is 53.3 Å². The van der Waals surface area contributed by atoms with Crippen molar-refractivity contribution in [1.82, 2.24) is 4.98 Å². The van der Waals surface area contributed by atoms with Gasteiger partial charge in [-0.3, -0.25) is 9.78 Å². The first-order chi connectivity index (χ1) is 7.70. The highest BCUT2D eigenvalue weighted by atomic mass is 16.1. The molecule has 0 saturated heterocycles. The lowest BCUT2D eigenvalue weighted by molar-refractivity contribution is 0.112. The maximum atomic E-state index is 10.7. The lowest BCUT2D eigenvalue weighted by Crippen LogP contribution is -1.88. The molecular weight excluding hydrogens is 198 g/mol. The molecule has 2 aromatic rings. The number of benzene rings is 1. The topological polar surface area (TPSA) is 30.0 Å². The number of nitrogens with zero attached hydrogens (tertiary/aromatic N) is 1. The summed E-state index contributed by atoms with van der Waals surface area (Å²) in [4.78, 5) is 15.0. The smallest absolute Gasteiger partial charge is 0.150 e. The summed E-state index contributed by atoms with van der Waals surface area (Å²) in [6.45, 7) is 3.99. The van der Waals surface area contributed by atoms with E-state index in [1.807, 2.05) is 50.4 Å². The molecule has 0 unspecified atom stereocenters. The van der Waals surface area contributed by atoms with Crippen molar-refractivity contribution in [2.24, 2.45) is 0 Å². The molecule has 0 N–H and O–H groups in total. The van der Waals surface area contributed by atoms with Gasteiger partial charge in [0, 0.05) is 23.0 Å². The van der Waals surface area contributed by atoms with E-state index >= 15 is 0 Å². The Kier molecular flexibility index (Phi) is 2.82. The zero-order valence-corrected chi connectivity index (χ0v) is 9.40. The summed E-state index contributed by atoms with van der Waals surface area (Å²) in [6.07, 6.45) is 2.71. The lowest BCUT2D eigenvalue weighted by atomic mass is 9.99. The number of rotatable bonds is 2. The Hall–Kier alpha value is -1.96. The lowest BCUT2D eigenvalue weighted by Gasteiger charge is -2.06. The predicted molar refractivity (Wildman–Crippen MR) is 64.5 cm³/mol. The molecule has 1 aromatic heterocycles. The summed E-state index contributed by atoms with van der Waals surface area (Å²) in [5, 5.41) is 0. The molecule has 1 heterocycles. The molecule has 0 saturated carbocycles. The Morgan fingerprint density at radius 2 is 1.94 bits per heavy atom. The van der Waals surface area contributed by atoms with Gasteiger partial charge in [0.2, 0.25) is 0 Å². The third kappa shape index (κ3) is 2.01. The first-order valence-corrected chi connectivity index (χ1v) is 5.19. The van der Waals surface area contributed by atoms with Crippen LogP contribution in [0.25, 0.3) is 11.1 Å². The summed E-state index contributed by atoms with van der Waals surface area (Å²) in [5.41, 5.74) is 4.95. The zero-order valence-electron chi connectivity index (χ0n) is 9.40.